The van der Waals surface area contributed by atoms with E-state index in [2.05, 4.69) is 6.07 Å². The number of nitrogens with zero attached hydrogens (tertiary/aromatic N) is 1. The van der Waals surface area contributed by atoms with Gasteiger partial charge in [-0.1, -0.05) is 12.1 Å². The van der Waals surface area contributed by atoms with E-state index >= 15 is 0 Å². The van der Waals surface area contributed by atoms with Crippen molar-refractivity contribution >= 4 is 0 Å². The minimum Gasteiger partial charge on any atom is -0.344 e. The summed E-state index contributed by atoms with van der Waals surface area (Å²) in [6.07, 6.45) is 0. The Morgan fingerprint density at radius 2 is 1.89 bits per heavy atom. The minimum absolute atomic E-state index is 0. The lowest BCUT2D eigenvalue weighted by atomic mass is 10.2. The molecule has 0 saturated carbocycles. The zero-order valence-corrected chi connectivity index (χ0v) is 4.96. The Balaban J connectivity index is 0.000000640. The van der Waals surface area contributed by atoms with Gasteiger partial charge in [0.25, 0.3) is 0 Å². The summed E-state index contributed by atoms with van der Waals surface area (Å²) in [5.41, 5.74) is 0.684. The Kier molecular flexibility index (Phi) is 3.11. The minimum atomic E-state index is 0. The van der Waals surface area contributed by atoms with Gasteiger partial charge in [-0.25, -0.2) is 0 Å². The molecule has 1 radical (unpaired) electrons. The molecule has 45 valence electrons. The lowest BCUT2D eigenvalue weighted by molar-refractivity contribution is 1.48. The molecule has 0 spiro atoms. The highest BCUT2D eigenvalue weighted by Crippen LogP contribution is 1.92. The fourth-order valence-corrected chi connectivity index (χ4v) is 0.461. The van der Waals surface area contributed by atoms with E-state index in [1.807, 2.05) is 6.07 Å². The van der Waals surface area contributed by atoms with Crippen LogP contribution in [0.25, 0.3) is 0 Å². The van der Waals surface area contributed by atoms with E-state index in [1.165, 1.54) is 0 Å². The van der Waals surface area contributed by atoms with Crippen molar-refractivity contribution in [1.29, 1.82) is 5.26 Å². The molecule has 0 atom stereocenters. The van der Waals surface area contributed by atoms with Gasteiger partial charge >= 0.3 is 0 Å². The maximum absolute atomic E-state index is 8.27. The fourth-order valence-electron chi connectivity index (χ4n) is 0.461. The molecule has 0 unspecified atom stereocenters. The second-order valence-corrected chi connectivity index (χ2v) is 1.40. The standard InChI is InChI=1S/C7H4N.H3N/c8-6-7-4-2-1-3-5-7;/h2-5H;1H3. The lowest BCUT2D eigenvalue weighted by Gasteiger charge is -1.79. The highest BCUT2D eigenvalue weighted by Gasteiger charge is 1.79. The summed E-state index contributed by atoms with van der Waals surface area (Å²) < 4.78 is 0. The van der Waals surface area contributed by atoms with Crippen LogP contribution in [0.1, 0.15) is 5.56 Å². The van der Waals surface area contributed by atoms with Gasteiger partial charge in [-0.2, -0.15) is 5.26 Å². The molecule has 3 N–H and O–H groups in total. The number of nitriles is 1. The molecule has 0 fully saturated rings. The smallest absolute Gasteiger partial charge is 0.0991 e. The number of benzene rings is 1. The molecule has 2 heteroatoms. The average molecular weight is 119 g/mol. The Morgan fingerprint density at radius 1 is 1.33 bits per heavy atom. The molecule has 0 aliphatic heterocycles. The van der Waals surface area contributed by atoms with Gasteiger partial charge in [0, 0.05) is 0 Å². The van der Waals surface area contributed by atoms with Crippen LogP contribution in [-0.4, -0.2) is 0 Å². The molecule has 1 aromatic rings. The van der Waals surface area contributed by atoms with Gasteiger partial charge < -0.3 is 6.15 Å². The lowest BCUT2D eigenvalue weighted by Crippen LogP contribution is -1.66. The molecule has 1 rings (SSSR count). The summed E-state index contributed by atoms with van der Waals surface area (Å²) >= 11 is 0. The molecule has 0 bridgehead atoms. The van der Waals surface area contributed by atoms with E-state index in [-0.39, 0.29) is 6.15 Å². The third-order valence-corrected chi connectivity index (χ3v) is 0.847. The maximum Gasteiger partial charge on any atom is 0.0991 e. The van der Waals surface area contributed by atoms with Crippen LogP contribution in [-0.2, 0) is 0 Å². The average Bonchev–Trinajstić information content (AvgIpc) is 1.90. The zero-order chi connectivity index (χ0) is 5.82. The molecule has 0 aliphatic carbocycles. The van der Waals surface area contributed by atoms with Crippen LogP contribution >= 0.6 is 0 Å². The number of hydrogen-bond acceptors (Lipinski definition) is 2. The summed E-state index contributed by atoms with van der Waals surface area (Å²) in [6.45, 7) is 0. The monoisotopic (exact) mass is 119 g/mol. The van der Waals surface area contributed by atoms with Crippen LogP contribution in [0.3, 0.4) is 0 Å². The van der Waals surface area contributed by atoms with Crippen molar-refractivity contribution in [3.8, 4) is 6.07 Å². The van der Waals surface area contributed by atoms with Crippen LogP contribution in [0.4, 0.5) is 0 Å². The first-order chi connectivity index (χ1) is 3.93. The van der Waals surface area contributed by atoms with Crippen molar-refractivity contribution in [3.63, 3.8) is 0 Å². The Bertz CT molecular complexity index is 198. The maximum atomic E-state index is 8.27. The van der Waals surface area contributed by atoms with Crippen LogP contribution in [0, 0.1) is 17.4 Å². The third-order valence-electron chi connectivity index (χ3n) is 0.847. The van der Waals surface area contributed by atoms with Crippen molar-refractivity contribution in [2.45, 2.75) is 0 Å². The van der Waals surface area contributed by atoms with Crippen LogP contribution in [0.15, 0.2) is 24.3 Å². The normalized spacial score (nSPS) is 7.00. The van der Waals surface area contributed by atoms with Crippen molar-refractivity contribution in [3.05, 3.63) is 35.9 Å². The summed E-state index contributed by atoms with van der Waals surface area (Å²) in [5.74, 6) is 0. The van der Waals surface area contributed by atoms with E-state index in [0.29, 0.717) is 5.56 Å². The Hall–Kier alpha value is -1.33. The molecular weight excluding hydrogens is 112 g/mol. The van der Waals surface area contributed by atoms with Gasteiger partial charge in [-0.15, -0.1) is 0 Å². The first-order valence-electron chi connectivity index (χ1n) is 2.29. The van der Waals surface area contributed by atoms with E-state index in [9.17, 15) is 0 Å². The predicted octanol–water partition coefficient (Wildman–Crippen LogP) is 1.52. The van der Waals surface area contributed by atoms with E-state index in [0.717, 1.165) is 0 Å². The molecular formula is C7H7N2. The topological polar surface area (TPSA) is 58.8 Å². The van der Waals surface area contributed by atoms with Gasteiger partial charge in [0.2, 0.25) is 0 Å². The molecule has 0 aromatic heterocycles. The van der Waals surface area contributed by atoms with Crippen molar-refractivity contribution in [2.75, 3.05) is 0 Å². The third kappa shape index (κ3) is 1.94. The summed E-state index contributed by atoms with van der Waals surface area (Å²) in [4.78, 5) is 0. The fraction of sp³-hybridized carbons (Fsp3) is 0. The quantitative estimate of drug-likeness (QED) is 0.562. The molecule has 0 heterocycles. The Labute approximate surface area is 54.3 Å². The van der Waals surface area contributed by atoms with Crippen LogP contribution in [0.5, 0.6) is 0 Å². The van der Waals surface area contributed by atoms with E-state index in [4.69, 9.17) is 5.26 Å². The predicted molar refractivity (Wildman–Crippen MR) is 35.0 cm³/mol. The van der Waals surface area contributed by atoms with Gasteiger partial charge in [0.05, 0.1) is 11.6 Å². The molecule has 0 saturated heterocycles. The second kappa shape index (κ2) is 3.65. The van der Waals surface area contributed by atoms with Crippen molar-refractivity contribution in [1.82, 2.24) is 6.15 Å². The summed E-state index contributed by atoms with van der Waals surface area (Å²) in [5, 5.41) is 8.27. The van der Waals surface area contributed by atoms with Crippen molar-refractivity contribution in [2.24, 2.45) is 0 Å². The molecule has 0 aliphatic rings. The van der Waals surface area contributed by atoms with Gasteiger partial charge in [0.1, 0.15) is 0 Å². The van der Waals surface area contributed by atoms with Gasteiger partial charge in [-0.3, -0.25) is 0 Å². The van der Waals surface area contributed by atoms with E-state index in [1.54, 1.807) is 24.3 Å². The summed E-state index contributed by atoms with van der Waals surface area (Å²) in [7, 11) is 0. The molecule has 9 heavy (non-hydrogen) atoms. The first-order valence-corrected chi connectivity index (χ1v) is 2.29. The van der Waals surface area contributed by atoms with Crippen molar-refractivity contribution < 1.29 is 0 Å². The summed E-state index contributed by atoms with van der Waals surface area (Å²) in [6, 6.07) is 11.7. The highest BCUT2D eigenvalue weighted by molar-refractivity contribution is 5.26. The molecule has 0 amide bonds. The van der Waals surface area contributed by atoms with E-state index < -0.39 is 0 Å². The number of rotatable bonds is 0. The molecule has 1 aromatic carbocycles. The second-order valence-electron chi connectivity index (χ2n) is 1.40. The first kappa shape index (κ1) is 7.67. The van der Waals surface area contributed by atoms with Crippen LogP contribution < -0.4 is 6.15 Å². The number of hydrogen-bond donors (Lipinski definition) is 1. The Morgan fingerprint density at radius 3 is 2.22 bits per heavy atom. The van der Waals surface area contributed by atoms with Gasteiger partial charge in [-0.05, 0) is 18.2 Å². The van der Waals surface area contributed by atoms with Crippen LogP contribution in [0.2, 0.25) is 0 Å². The largest absolute Gasteiger partial charge is 0.344 e. The SMILES string of the molecule is N.N#Cc1cc[c]cc1. The zero-order valence-electron chi connectivity index (χ0n) is 4.96. The van der Waals surface area contributed by atoms with Gasteiger partial charge in [0.15, 0.2) is 0 Å². The molecule has 2 nitrogen and oxygen atoms in total. The highest BCUT2D eigenvalue weighted by atomic mass is 14.2.